The summed E-state index contributed by atoms with van der Waals surface area (Å²) in [6.45, 7) is 6.28. The van der Waals surface area contributed by atoms with E-state index in [0.717, 1.165) is 135 Å². The molecule has 6 heteroatoms. The van der Waals surface area contributed by atoms with E-state index >= 15 is 0 Å². The molecule has 0 saturated carbocycles. The Morgan fingerprint density at radius 2 is 0.672 bits per heavy atom. The third kappa shape index (κ3) is 52.4. The third-order valence-electron chi connectivity index (χ3n) is 10.7. The van der Waals surface area contributed by atoms with Gasteiger partial charge in [0.05, 0.1) is 0 Å². The molecule has 0 heterocycles. The van der Waals surface area contributed by atoms with E-state index < -0.39 is 6.10 Å². The average Bonchev–Trinajstić information content (AvgIpc) is 3.33. The Morgan fingerprint density at radius 3 is 1.12 bits per heavy atom. The summed E-state index contributed by atoms with van der Waals surface area (Å²) in [5.74, 6) is -1.05. The largest absolute Gasteiger partial charge is 0.462 e. The molecule has 6 nitrogen and oxygen atoms in total. The van der Waals surface area contributed by atoms with Gasteiger partial charge < -0.3 is 14.2 Å². The highest BCUT2D eigenvalue weighted by Crippen LogP contribution is 2.12. The number of carbonyl (C=O) groups excluding carboxylic acids is 3. The fourth-order valence-corrected chi connectivity index (χ4v) is 6.74. The Bertz CT molecular complexity index is 1480. The van der Waals surface area contributed by atoms with Crippen molar-refractivity contribution in [1.82, 2.24) is 0 Å². The topological polar surface area (TPSA) is 78.9 Å². The van der Waals surface area contributed by atoms with Gasteiger partial charge in [-0.3, -0.25) is 14.4 Å². The first-order valence-electron chi connectivity index (χ1n) is 26.7. The van der Waals surface area contributed by atoms with Crippen molar-refractivity contribution in [3.05, 3.63) is 134 Å². The van der Waals surface area contributed by atoms with Crippen LogP contribution in [0, 0.1) is 0 Å². The maximum Gasteiger partial charge on any atom is 0.306 e. The second-order valence-corrected chi connectivity index (χ2v) is 17.1. The van der Waals surface area contributed by atoms with E-state index in [9.17, 15) is 14.4 Å². The van der Waals surface area contributed by atoms with Crippen LogP contribution in [0.4, 0.5) is 0 Å². The molecule has 0 aliphatic rings. The zero-order valence-corrected chi connectivity index (χ0v) is 42.9. The summed E-state index contributed by atoms with van der Waals surface area (Å²) < 4.78 is 16.7. The van der Waals surface area contributed by atoms with Crippen LogP contribution in [0.15, 0.2) is 134 Å². The number of hydrogen-bond donors (Lipinski definition) is 0. The number of esters is 3. The summed E-state index contributed by atoms with van der Waals surface area (Å²) in [6, 6.07) is 0. The lowest BCUT2D eigenvalue weighted by Gasteiger charge is -2.18. The zero-order valence-electron chi connectivity index (χ0n) is 42.9. The number of ether oxygens (including phenoxy) is 3. The predicted octanol–water partition coefficient (Wildman–Crippen LogP) is 17.9. The number of unbranched alkanes of at least 4 members (excludes halogenated alkanes) is 15. The predicted molar refractivity (Wildman–Crippen MR) is 288 cm³/mol. The number of allylic oxidation sites excluding steroid dienone is 22. The fraction of sp³-hybridized carbons (Fsp3) is 0.590. The molecule has 0 aromatic carbocycles. The van der Waals surface area contributed by atoms with Crippen LogP contribution in [0.1, 0.15) is 213 Å². The highest BCUT2D eigenvalue weighted by Gasteiger charge is 2.19. The first-order valence-corrected chi connectivity index (χ1v) is 26.7. The van der Waals surface area contributed by atoms with Crippen molar-refractivity contribution in [2.45, 2.75) is 219 Å². The van der Waals surface area contributed by atoms with E-state index in [1.165, 1.54) is 32.1 Å². The van der Waals surface area contributed by atoms with E-state index in [-0.39, 0.29) is 44.0 Å². The fourth-order valence-electron chi connectivity index (χ4n) is 6.74. The van der Waals surface area contributed by atoms with Gasteiger partial charge in [0, 0.05) is 19.3 Å². The van der Waals surface area contributed by atoms with Gasteiger partial charge in [-0.2, -0.15) is 0 Å². The van der Waals surface area contributed by atoms with Crippen LogP contribution in [0.25, 0.3) is 0 Å². The van der Waals surface area contributed by atoms with E-state index in [4.69, 9.17) is 14.2 Å². The second kappa shape index (κ2) is 54.2. The van der Waals surface area contributed by atoms with Crippen LogP contribution in [0.3, 0.4) is 0 Å². The van der Waals surface area contributed by atoms with Crippen LogP contribution < -0.4 is 0 Å². The molecule has 0 spiro atoms. The maximum absolute atomic E-state index is 12.8. The Labute approximate surface area is 411 Å². The molecule has 0 saturated heterocycles. The molecule has 0 fully saturated rings. The first kappa shape index (κ1) is 62.5. The summed E-state index contributed by atoms with van der Waals surface area (Å²) >= 11 is 0. The standard InChI is InChI=1S/C61H96O6/c1-4-7-10-13-16-19-22-25-27-29-31-33-34-36-39-42-45-48-51-54-60(63)66-57-58(56-65-59(62)53-50-47-44-41-38-24-21-18-15-12-9-6-3)67-61(64)55-52-49-46-43-40-37-35-32-30-28-26-23-20-17-14-11-8-5-2/h7,9-10,12,16,18-19,21,23,25-28,30-33,35-36,39,45,48,58H,4-6,8,11,13-15,17,20,22,24,29,34,37-38,40-44,46-47,49-57H2,1-3H3/b10-7-,12-9-,19-16-,21-18-,26-23-,27-25-,30-28-,33-31-,35-32-,39-36-,48-45-. The molecule has 0 amide bonds. The normalized spacial score (nSPS) is 13.2. The molecule has 0 rings (SSSR count). The number of carbonyl (C=O) groups is 3. The Balaban J connectivity index is 4.57. The van der Waals surface area contributed by atoms with Crippen LogP contribution in [0.2, 0.25) is 0 Å². The third-order valence-corrected chi connectivity index (χ3v) is 10.7. The van der Waals surface area contributed by atoms with Gasteiger partial charge in [-0.1, -0.05) is 219 Å². The van der Waals surface area contributed by atoms with Gasteiger partial charge in [0.1, 0.15) is 13.2 Å². The summed E-state index contributed by atoms with van der Waals surface area (Å²) in [7, 11) is 0. The monoisotopic (exact) mass is 925 g/mol. The van der Waals surface area contributed by atoms with Crippen molar-refractivity contribution in [3.63, 3.8) is 0 Å². The minimum absolute atomic E-state index is 0.122. The van der Waals surface area contributed by atoms with Gasteiger partial charge >= 0.3 is 17.9 Å². The van der Waals surface area contributed by atoms with Gasteiger partial charge in [-0.15, -0.1) is 0 Å². The van der Waals surface area contributed by atoms with E-state index in [0.29, 0.717) is 12.8 Å². The molecule has 0 radical (unpaired) electrons. The Hall–Kier alpha value is -4.45. The zero-order chi connectivity index (χ0) is 48.6. The van der Waals surface area contributed by atoms with E-state index in [2.05, 4.69) is 142 Å². The molecule has 0 aliphatic heterocycles. The summed E-state index contributed by atoms with van der Waals surface area (Å²) in [6.07, 6.45) is 75.9. The van der Waals surface area contributed by atoms with Crippen molar-refractivity contribution < 1.29 is 28.6 Å². The molecule has 376 valence electrons. The van der Waals surface area contributed by atoms with Crippen LogP contribution in [0.5, 0.6) is 0 Å². The van der Waals surface area contributed by atoms with Crippen molar-refractivity contribution in [1.29, 1.82) is 0 Å². The molecule has 67 heavy (non-hydrogen) atoms. The van der Waals surface area contributed by atoms with Crippen molar-refractivity contribution in [3.8, 4) is 0 Å². The lowest BCUT2D eigenvalue weighted by atomic mass is 10.1. The highest BCUT2D eigenvalue weighted by molar-refractivity contribution is 5.71. The van der Waals surface area contributed by atoms with E-state index in [1.54, 1.807) is 0 Å². The number of rotatable bonds is 46. The Kier molecular flexibility index (Phi) is 50.6. The molecule has 0 aromatic rings. The summed E-state index contributed by atoms with van der Waals surface area (Å²) in [5.41, 5.74) is 0. The second-order valence-electron chi connectivity index (χ2n) is 17.1. The minimum atomic E-state index is -0.830. The maximum atomic E-state index is 12.8. The lowest BCUT2D eigenvalue weighted by Crippen LogP contribution is -2.30. The quantitative estimate of drug-likeness (QED) is 0.0199. The van der Waals surface area contributed by atoms with Gasteiger partial charge in [-0.05, 0) is 109 Å². The molecular weight excluding hydrogens is 829 g/mol. The SMILES string of the molecule is CC/C=C\C/C=C\C/C=C\C/C=C\C/C=C\C/C=C\CCC(=O)OCC(COC(=O)CCCCCCC/C=C\C/C=C\CC)OC(=O)CCCCCCC\C=C/C=C\C=C/CCCCCCC. The molecule has 1 unspecified atom stereocenters. The van der Waals surface area contributed by atoms with Crippen molar-refractivity contribution in [2.24, 2.45) is 0 Å². The van der Waals surface area contributed by atoms with Crippen molar-refractivity contribution >= 4 is 17.9 Å². The number of hydrogen-bond acceptors (Lipinski definition) is 6. The summed E-state index contributed by atoms with van der Waals surface area (Å²) in [4.78, 5) is 38.0. The van der Waals surface area contributed by atoms with Gasteiger partial charge in [-0.25, -0.2) is 0 Å². The van der Waals surface area contributed by atoms with E-state index in [1.807, 2.05) is 12.2 Å². The molecular formula is C61H96O6. The van der Waals surface area contributed by atoms with Crippen molar-refractivity contribution in [2.75, 3.05) is 13.2 Å². The molecule has 0 N–H and O–H groups in total. The van der Waals surface area contributed by atoms with Crippen LogP contribution >= 0.6 is 0 Å². The minimum Gasteiger partial charge on any atom is -0.462 e. The first-order chi connectivity index (χ1) is 33.0. The summed E-state index contributed by atoms with van der Waals surface area (Å²) in [5, 5.41) is 0. The molecule has 0 bridgehead atoms. The molecule has 0 aliphatic carbocycles. The van der Waals surface area contributed by atoms with Gasteiger partial charge in [0.25, 0.3) is 0 Å². The molecule has 1 atom stereocenters. The average molecular weight is 925 g/mol. The highest BCUT2D eigenvalue weighted by atomic mass is 16.6. The van der Waals surface area contributed by atoms with Gasteiger partial charge in [0.15, 0.2) is 6.10 Å². The van der Waals surface area contributed by atoms with Crippen LogP contribution in [-0.2, 0) is 28.6 Å². The lowest BCUT2D eigenvalue weighted by molar-refractivity contribution is -0.166. The Morgan fingerprint density at radius 1 is 0.328 bits per heavy atom. The van der Waals surface area contributed by atoms with Gasteiger partial charge in [0.2, 0.25) is 0 Å². The smallest absolute Gasteiger partial charge is 0.306 e. The molecule has 0 aromatic heterocycles. The van der Waals surface area contributed by atoms with Crippen LogP contribution in [-0.4, -0.2) is 37.2 Å².